The van der Waals surface area contributed by atoms with Gasteiger partial charge in [0.1, 0.15) is 17.9 Å². The molecule has 0 bridgehead atoms. The largest absolute Gasteiger partial charge is 0.458 e. The number of carbonyl (C=O) groups is 1. The molecule has 0 radical (unpaired) electrons. The molecule has 0 aliphatic rings. The second-order valence-corrected chi connectivity index (χ2v) is 6.62. The van der Waals surface area contributed by atoms with Gasteiger partial charge in [-0.15, -0.1) is 0 Å². The Balaban J connectivity index is 2.04. The summed E-state index contributed by atoms with van der Waals surface area (Å²) in [5.41, 5.74) is 2.62. The summed E-state index contributed by atoms with van der Waals surface area (Å²) in [6.07, 6.45) is 1.52. The van der Waals surface area contributed by atoms with Gasteiger partial charge in [-0.3, -0.25) is 0 Å². The molecule has 3 rings (SSSR count). The van der Waals surface area contributed by atoms with E-state index in [9.17, 15) is 4.79 Å². The molecule has 0 unspecified atom stereocenters. The lowest BCUT2D eigenvalue weighted by Crippen LogP contribution is -2.05. The summed E-state index contributed by atoms with van der Waals surface area (Å²) in [5, 5.41) is 0.923. The first kappa shape index (κ1) is 17.0. The zero-order valence-corrected chi connectivity index (χ0v) is 15.4. The van der Waals surface area contributed by atoms with E-state index in [1.807, 2.05) is 6.07 Å². The van der Waals surface area contributed by atoms with Crippen LogP contribution in [0.4, 0.5) is 0 Å². The van der Waals surface area contributed by atoms with Gasteiger partial charge in [-0.25, -0.2) is 9.78 Å². The molecule has 4 nitrogen and oxygen atoms in total. The number of imidazole rings is 1. The molecule has 0 atom stereocenters. The molecule has 0 amide bonds. The highest BCUT2D eigenvalue weighted by Gasteiger charge is 2.14. The van der Waals surface area contributed by atoms with Crippen LogP contribution in [0.15, 0.2) is 47.5 Å². The topological polar surface area (TPSA) is 55.0 Å². The first-order chi connectivity index (χ1) is 11.5. The average Bonchev–Trinajstić information content (AvgIpc) is 2.99. The Labute approximate surface area is 156 Å². The lowest BCUT2D eigenvalue weighted by molar-refractivity contribution is 0.0550. The first-order valence-electron chi connectivity index (χ1n) is 6.92. The second-order valence-electron chi connectivity index (χ2n) is 4.96. The maximum atomic E-state index is 12.0. The minimum Gasteiger partial charge on any atom is -0.458 e. The highest BCUT2D eigenvalue weighted by Crippen LogP contribution is 2.31. The van der Waals surface area contributed by atoms with Gasteiger partial charge in [0.05, 0.1) is 21.1 Å². The van der Waals surface area contributed by atoms with Gasteiger partial charge in [-0.2, -0.15) is 0 Å². The Morgan fingerprint density at radius 2 is 2.08 bits per heavy atom. The summed E-state index contributed by atoms with van der Waals surface area (Å²) < 4.78 is 5.75. The fourth-order valence-electron chi connectivity index (χ4n) is 2.19. The number of carbonyl (C=O) groups excluding carboxylic acids is 1. The minimum atomic E-state index is -0.428. The molecule has 122 valence electrons. The van der Waals surface area contributed by atoms with Gasteiger partial charge in [0.25, 0.3) is 0 Å². The Kier molecular flexibility index (Phi) is 4.94. The van der Waals surface area contributed by atoms with Crippen molar-refractivity contribution in [3.05, 3.63) is 63.1 Å². The number of nitrogens with zero attached hydrogens (tertiary/aromatic N) is 1. The maximum absolute atomic E-state index is 12.0. The zero-order chi connectivity index (χ0) is 17.3. The number of fused-ring (bicyclic) bond motifs is 1. The van der Waals surface area contributed by atoms with Gasteiger partial charge in [-0.05, 0) is 46.3 Å². The van der Waals surface area contributed by atoms with Crippen LogP contribution >= 0.6 is 39.1 Å². The van der Waals surface area contributed by atoms with Crippen LogP contribution in [-0.2, 0) is 4.74 Å². The summed E-state index contributed by atoms with van der Waals surface area (Å²) in [7, 11) is 0. The summed E-state index contributed by atoms with van der Waals surface area (Å²) >= 11 is 15.4. The third-order valence-corrected chi connectivity index (χ3v) is 4.64. The van der Waals surface area contributed by atoms with E-state index >= 15 is 0 Å². The third kappa shape index (κ3) is 3.34. The lowest BCUT2D eigenvalue weighted by atomic mass is 10.2. The number of aromatic nitrogens is 2. The third-order valence-electron chi connectivity index (χ3n) is 3.30. The molecule has 7 heteroatoms. The molecule has 1 aromatic heterocycles. The monoisotopic (exact) mass is 424 g/mol. The van der Waals surface area contributed by atoms with Gasteiger partial charge < -0.3 is 9.72 Å². The molecule has 1 N–H and O–H groups in total. The number of H-pyrrole nitrogens is 1. The van der Waals surface area contributed by atoms with Gasteiger partial charge in [0.15, 0.2) is 0 Å². The van der Waals surface area contributed by atoms with Crippen molar-refractivity contribution in [1.82, 2.24) is 9.97 Å². The predicted molar refractivity (Wildman–Crippen MR) is 99.7 cm³/mol. The van der Waals surface area contributed by atoms with Gasteiger partial charge in [0.2, 0.25) is 0 Å². The van der Waals surface area contributed by atoms with Crippen LogP contribution < -0.4 is 0 Å². The SMILES string of the molecule is C=CCOC(=O)c1cc(Br)c2nc(-c3ccc(Cl)c(Cl)c3)[nH]c2c1. The highest BCUT2D eigenvalue weighted by molar-refractivity contribution is 9.10. The molecule has 2 aromatic carbocycles. The quantitative estimate of drug-likeness (QED) is 0.434. The normalized spacial score (nSPS) is 10.8. The van der Waals surface area contributed by atoms with Crippen molar-refractivity contribution in [1.29, 1.82) is 0 Å². The number of rotatable bonds is 4. The number of hydrogen-bond donors (Lipinski definition) is 1. The molecule has 0 aliphatic heterocycles. The van der Waals surface area contributed by atoms with Crippen LogP contribution in [-0.4, -0.2) is 22.5 Å². The summed E-state index contributed by atoms with van der Waals surface area (Å²) in [6, 6.07) is 8.63. The van der Waals surface area contributed by atoms with Crippen molar-refractivity contribution in [2.75, 3.05) is 6.61 Å². The van der Waals surface area contributed by atoms with Gasteiger partial charge in [0, 0.05) is 10.0 Å². The Morgan fingerprint density at radius 1 is 1.29 bits per heavy atom. The van der Waals surface area contributed by atoms with Crippen LogP contribution in [0.1, 0.15) is 10.4 Å². The molecule has 0 saturated heterocycles. The lowest BCUT2D eigenvalue weighted by Gasteiger charge is -2.02. The van der Waals surface area contributed by atoms with Crippen molar-refractivity contribution in [3.63, 3.8) is 0 Å². The van der Waals surface area contributed by atoms with Crippen molar-refractivity contribution in [3.8, 4) is 11.4 Å². The van der Waals surface area contributed by atoms with E-state index in [1.54, 1.807) is 24.3 Å². The first-order valence-corrected chi connectivity index (χ1v) is 8.47. The number of benzene rings is 2. The Morgan fingerprint density at radius 3 is 2.79 bits per heavy atom. The number of aromatic amines is 1. The number of esters is 1. The molecule has 24 heavy (non-hydrogen) atoms. The summed E-state index contributed by atoms with van der Waals surface area (Å²) in [4.78, 5) is 19.7. The van der Waals surface area contributed by atoms with E-state index in [4.69, 9.17) is 27.9 Å². The Hall–Kier alpha value is -1.82. The zero-order valence-electron chi connectivity index (χ0n) is 12.3. The van der Waals surface area contributed by atoms with Crippen molar-refractivity contribution >= 4 is 56.1 Å². The molecule has 3 aromatic rings. The molecule has 0 fully saturated rings. The number of ether oxygens (including phenoxy) is 1. The van der Waals surface area contributed by atoms with E-state index in [-0.39, 0.29) is 6.61 Å². The van der Waals surface area contributed by atoms with Crippen LogP contribution in [0.25, 0.3) is 22.4 Å². The van der Waals surface area contributed by atoms with Crippen molar-refractivity contribution < 1.29 is 9.53 Å². The highest BCUT2D eigenvalue weighted by atomic mass is 79.9. The summed E-state index contributed by atoms with van der Waals surface area (Å²) in [6.45, 7) is 3.68. The predicted octanol–water partition coefficient (Wildman–Crippen LogP) is 5.64. The average molecular weight is 426 g/mol. The fourth-order valence-corrected chi connectivity index (χ4v) is 3.04. The molecular weight excluding hydrogens is 415 g/mol. The smallest absolute Gasteiger partial charge is 0.338 e. The van der Waals surface area contributed by atoms with E-state index in [2.05, 4.69) is 32.5 Å². The fraction of sp³-hybridized carbons (Fsp3) is 0.0588. The van der Waals surface area contributed by atoms with Crippen molar-refractivity contribution in [2.24, 2.45) is 0 Å². The molecule has 0 aliphatic carbocycles. The van der Waals surface area contributed by atoms with Crippen LogP contribution in [0.2, 0.25) is 10.0 Å². The Bertz CT molecular complexity index is 953. The molecular formula is C17H11BrCl2N2O2. The van der Waals surface area contributed by atoms with Gasteiger partial charge >= 0.3 is 5.97 Å². The number of nitrogens with one attached hydrogen (secondary N) is 1. The molecule has 0 saturated carbocycles. The standard InChI is InChI=1S/C17H11BrCl2N2O2/c1-2-5-24-17(23)10-6-11(18)15-14(8-10)21-16(22-15)9-3-4-12(19)13(20)7-9/h2-4,6-8H,1,5H2,(H,21,22). The molecule has 1 heterocycles. The second kappa shape index (κ2) is 6.97. The number of halogens is 3. The minimum absolute atomic E-state index is 0.159. The van der Waals surface area contributed by atoms with E-state index in [1.165, 1.54) is 6.08 Å². The molecule has 0 spiro atoms. The van der Waals surface area contributed by atoms with Crippen LogP contribution in [0, 0.1) is 0 Å². The summed E-state index contributed by atoms with van der Waals surface area (Å²) in [5.74, 6) is 0.198. The van der Waals surface area contributed by atoms with Crippen molar-refractivity contribution in [2.45, 2.75) is 0 Å². The maximum Gasteiger partial charge on any atom is 0.338 e. The van der Waals surface area contributed by atoms with E-state index in [0.29, 0.717) is 36.9 Å². The van der Waals surface area contributed by atoms with Gasteiger partial charge in [-0.1, -0.05) is 35.9 Å². The van der Waals surface area contributed by atoms with Crippen LogP contribution in [0.3, 0.4) is 0 Å². The van der Waals surface area contributed by atoms with Crippen LogP contribution in [0.5, 0.6) is 0 Å². The van der Waals surface area contributed by atoms with E-state index < -0.39 is 5.97 Å². The number of hydrogen-bond acceptors (Lipinski definition) is 3. The van der Waals surface area contributed by atoms with E-state index in [0.717, 1.165) is 5.56 Å².